The van der Waals surface area contributed by atoms with Gasteiger partial charge in [-0.15, -0.1) is 0 Å². The van der Waals surface area contributed by atoms with E-state index in [2.05, 4.69) is 4.74 Å². The summed E-state index contributed by atoms with van der Waals surface area (Å²) in [7, 11) is 0. The lowest BCUT2D eigenvalue weighted by molar-refractivity contribution is -0.159. The SMILES string of the molecule is CC(=O)O[C@H](C(N)=O)[C@H](O)c1ccccc1. The molecule has 0 aliphatic rings. The van der Waals surface area contributed by atoms with Crippen LogP contribution in [0.3, 0.4) is 0 Å². The third-order valence-electron chi connectivity index (χ3n) is 2.00. The van der Waals surface area contributed by atoms with Gasteiger partial charge in [-0.25, -0.2) is 0 Å². The molecule has 5 nitrogen and oxygen atoms in total. The Balaban J connectivity index is 2.87. The zero-order valence-electron chi connectivity index (χ0n) is 8.79. The second-order valence-electron chi connectivity index (χ2n) is 3.29. The van der Waals surface area contributed by atoms with Gasteiger partial charge < -0.3 is 15.6 Å². The number of esters is 1. The van der Waals surface area contributed by atoms with Gasteiger partial charge in [0.05, 0.1) is 0 Å². The molecule has 0 bridgehead atoms. The van der Waals surface area contributed by atoms with Crippen LogP contribution >= 0.6 is 0 Å². The fraction of sp³-hybridized carbons (Fsp3) is 0.273. The Morgan fingerprint density at radius 3 is 2.31 bits per heavy atom. The summed E-state index contributed by atoms with van der Waals surface area (Å²) in [6.07, 6.45) is -2.61. The van der Waals surface area contributed by atoms with E-state index in [0.717, 1.165) is 6.92 Å². The van der Waals surface area contributed by atoms with Gasteiger partial charge in [0.1, 0.15) is 6.10 Å². The molecule has 0 radical (unpaired) electrons. The predicted molar refractivity (Wildman–Crippen MR) is 56.2 cm³/mol. The molecule has 0 saturated carbocycles. The maximum atomic E-state index is 11.0. The Labute approximate surface area is 92.8 Å². The van der Waals surface area contributed by atoms with Crippen LogP contribution in [0.25, 0.3) is 0 Å². The third-order valence-corrected chi connectivity index (χ3v) is 2.00. The summed E-state index contributed by atoms with van der Waals surface area (Å²) < 4.78 is 4.66. The number of hydrogen-bond donors (Lipinski definition) is 2. The molecule has 3 N–H and O–H groups in total. The van der Waals surface area contributed by atoms with Crippen LogP contribution in [0.2, 0.25) is 0 Å². The molecule has 0 aliphatic carbocycles. The van der Waals surface area contributed by atoms with E-state index in [0.29, 0.717) is 5.56 Å². The van der Waals surface area contributed by atoms with E-state index in [1.165, 1.54) is 0 Å². The zero-order valence-corrected chi connectivity index (χ0v) is 8.79. The van der Waals surface area contributed by atoms with Crippen molar-refractivity contribution in [2.75, 3.05) is 0 Å². The highest BCUT2D eigenvalue weighted by Crippen LogP contribution is 2.18. The standard InChI is InChI=1S/C11H13NO4/c1-7(13)16-10(11(12)15)9(14)8-5-3-2-4-6-8/h2-6,9-10,14H,1H3,(H2,12,15)/t9-,10+/m1/s1. The van der Waals surface area contributed by atoms with E-state index in [1.807, 2.05) is 0 Å². The van der Waals surface area contributed by atoms with Gasteiger partial charge in [0, 0.05) is 6.92 Å². The number of carbonyl (C=O) groups excluding carboxylic acids is 2. The number of aliphatic hydroxyl groups excluding tert-OH is 1. The van der Waals surface area contributed by atoms with Gasteiger partial charge in [-0.05, 0) is 5.56 Å². The Morgan fingerprint density at radius 2 is 1.88 bits per heavy atom. The van der Waals surface area contributed by atoms with E-state index in [4.69, 9.17) is 5.73 Å². The van der Waals surface area contributed by atoms with Crippen LogP contribution in [0.5, 0.6) is 0 Å². The molecule has 0 aromatic heterocycles. The monoisotopic (exact) mass is 223 g/mol. The van der Waals surface area contributed by atoms with Crippen molar-refractivity contribution in [2.24, 2.45) is 5.73 Å². The number of nitrogens with two attached hydrogens (primary N) is 1. The molecule has 1 rings (SSSR count). The second-order valence-corrected chi connectivity index (χ2v) is 3.29. The molecule has 0 fully saturated rings. The first-order valence-corrected chi connectivity index (χ1v) is 4.72. The Morgan fingerprint density at radius 1 is 1.31 bits per heavy atom. The lowest BCUT2D eigenvalue weighted by atomic mass is 10.0. The Bertz CT molecular complexity index is 377. The van der Waals surface area contributed by atoms with E-state index in [-0.39, 0.29) is 0 Å². The highest BCUT2D eigenvalue weighted by Gasteiger charge is 2.28. The number of carbonyl (C=O) groups is 2. The maximum Gasteiger partial charge on any atom is 0.303 e. The molecule has 0 saturated heterocycles. The van der Waals surface area contributed by atoms with Crippen molar-refractivity contribution in [3.05, 3.63) is 35.9 Å². The molecule has 0 heterocycles. The molecule has 0 spiro atoms. The average Bonchev–Trinajstić information content (AvgIpc) is 2.25. The van der Waals surface area contributed by atoms with Crippen LogP contribution < -0.4 is 5.73 Å². The number of amides is 1. The molecule has 1 aromatic carbocycles. The number of primary amides is 1. The Hall–Kier alpha value is -1.88. The minimum absolute atomic E-state index is 0.465. The summed E-state index contributed by atoms with van der Waals surface area (Å²) in [5, 5.41) is 9.82. The highest BCUT2D eigenvalue weighted by molar-refractivity contribution is 5.82. The van der Waals surface area contributed by atoms with E-state index in [1.54, 1.807) is 30.3 Å². The summed E-state index contributed by atoms with van der Waals surface area (Å²) >= 11 is 0. The molecule has 1 amide bonds. The van der Waals surface area contributed by atoms with Crippen molar-refractivity contribution >= 4 is 11.9 Å². The molecule has 16 heavy (non-hydrogen) atoms. The van der Waals surface area contributed by atoms with E-state index < -0.39 is 24.1 Å². The van der Waals surface area contributed by atoms with Crippen LogP contribution in [0, 0.1) is 0 Å². The van der Waals surface area contributed by atoms with E-state index in [9.17, 15) is 14.7 Å². The van der Waals surface area contributed by atoms with Crippen LogP contribution in [-0.4, -0.2) is 23.1 Å². The lowest BCUT2D eigenvalue weighted by Crippen LogP contribution is -2.37. The summed E-state index contributed by atoms with van der Waals surface area (Å²) in [5.74, 6) is -1.55. The summed E-state index contributed by atoms with van der Waals surface area (Å²) in [5.41, 5.74) is 5.51. The summed E-state index contributed by atoms with van der Waals surface area (Å²) in [6, 6.07) is 8.39. The first-order chi connectivity index (χ1) is 7.52. The van der Waals surface area contributed by atoms with Crippen LogP contribution in [-0.2, 0) is 14.3 Å². The van der Waals surface area contributed by atoms with Crippen LogP contribution in [0.1, 0.15) is 18.6 Å². The van der Waals surface area contributed by atoms with Crippen molar-refractivity contribution < 1.29 is 19.4 Å². The molecule has 0 aliphatic heterocycles. The van der Waals surface area contributed by atoms with Gasteiger partial charge in [0.2, 0.25) is 6.10 Å². The van der Waals surface area contributed by atoms with Crippen molar-refractivity contribution in [1.82, 2.24) is 0 Å². The normalized spacial score (nSPS) is 13.9. The number of benzene rings is 1. The fourth-order valence-corrected chi connectivity index (χ4v) is 1.28. The van der Waals surface area contributed by atoms with Crippen molar-refractivity contribution in [3.8, 4) is 0 Å². The maximum absolute atomic E-state index is 11.0. The average molecular weight is 223 g/mol. The third kappa shape index (κ3) is 3.06. The number of ether oxygens (including phenoxy) is 1. The molecular weight excluding hydrogens is 210 g/mol. The topological polar surface area (TPSA) is 89.6 Å². The van der Waals surface area contributed by atoms with Gasteiger partial charge in [0.15, 0.2) is 0 Å². The lowest BCUT2D eigenvalue weighted by Gasteiger charge is -2.19. The molecule has 5 heteroatoms. The first-order valence-electron chi connectivity index (χ1n) is 4.72. The minimum atomic E-state index is -1.36. The zero-order chi connectivity index (χ0) is 12.1. The molecular formula is C11H13NO4. The first kappa shape index (κ1) is 12.2. The Kier molecular flexibility index (Phi) is 4.02. The van der Waals surface area contributed by atoms with Gasteiger partial charge in [-0.2, -0.15) is 0 Å². The molecule has 2 atom stereocenters. The largest absolute Gasteiger partial charge is 0.449 e. The predicted octanol–water partition coefficient (Wildman–Crippen LogP) is 0.137. The summed E-state index contributed by atoms with van der Waals surface area (Å²) in [6.45, 7) is 1.15. The van der Waals surface area contributed by atoms with Gasteiger partial charge >= 0.3 is 5.97 Å². The number of hydrogen-bond acceptors (Lipinski definition) is 4. The van der Waals surface area contributed by atoms with Gasteiger partial charge in [-0.3, -0.25) is 9.59 Å². The quantitative estimate of drug-likeness (QED) is 0.710. The second kappa shape index (κ2) is 5.27. The summed E-state index contributed by atoms with van der Waals surface area (Å²) in [4.78, 5) is 21.8. The minimum Gasteiger partial charge on any atom is -0.449 e. The molecule has 0 unspecified atom stereocenters. The fourth-order valence-electron chi connectivity index (χ4n) is 1.28. The van der Waals surface area contributed by atoms with Crippen LogP contribution in [0.4, 0.5) is 0 Å². The highest BCUT2D eigenvalue weighted by atomic mass is 16.6. The van der Waals surface area contributed by atoms with Crippen molar-refractivity contribution in [3.63, 3.8) is 0 Å². The number of rotatable bonds is 4. The van der Waals surface area contributed by atoms with E-state index >= 15 is 0 Å². The molecule has 86 valence electrons. The van der Waals surface area contributed by atoms with Crippen LogP contribution in [0.15, 0.2) is 30.3 Å². The molecule has 1 aromatic rings. The van der Waals surface area contributed by atoms with Crippen molar-refractivity contribution in [2.45, 2.75) is 19.1 Å². The number of aliphatic hydroxyl groups is 1. The van der Waals surface area contributed by atoms with Gasteiger partial charge in [0.25, 0.3) is 5.91 Å². The van der Waals surface area contributed by atoms with Crippen molar-refractivity contribution in [1.29, 1.82) is 0 Å². The van der Waals surface area contributed by atoms with Gasteiger partial charge in [-0.1, -0.05) is 30.3 Å². The smallest absolute Gasteiger partial charge is 0.303 e.